The zero-order chi connectivity index (χ0) is 24.7. The Morgan fingerprint density at radius 1 is 1.26 bits per heavy atom. The summed E-state index contributed by atoms with van der Waals surface area (Å²) in [6, 6.07) is 5.41. The number of carboxylic acids is 1. The highest BCUT2D eigenvalue weighted by Crippen LogP contribution is 2.30. The molecule has 1 aliphatic carbocycles. The normalized spacial score (nSPS) is 19.7. The van der Waals surface area contributed by atoms with E-state index in [0.29, 0.717) is 23.4 Å². The molecule has 188 valence electrons. The van der Waals surface area contributed by atoms with E-state index in [-0.39, 0.29) is 43.7 Å². The van der Waals surface area contributed by atoms with Crippen molar-refractivity contribution in [1.29, 1.82) is 0 Å². The van der Waals surface area contributed by atoms with E-state index in [1.54, 1.807) is 19.9 Å². The topological polar surface area (TPSA) is 100 Å². The predicted molar refractivity (Wildman–Crippen MR) is 113 cm³/mol. The molecule has 1 heterocycles. The first-order valence-corrected chi connectivity index (χ1v) is 11.0. The molecule has 2 aromatic rings. The van der Waals surface area contributed by atoms with E-state index < -0.39 is 18.4 Å². The van der Waals surface area contributed by atoms with E-state index in [1.807, 2.05) is 0 Å². The van der Waals surface area contributed by atoms with E-state index in [2.05, 4.69) is 9.72 Å². The minimum atomic E-state index is -4.79. The maximum absolute atomic E-state index is 12.5. The Kier molecular flexibility index (Phi) is 8.92. The molecule has 11 heteroatoms. The second-order valence-corrected chi connectivity index (χ2v) is 7.93. The van der Waals surface area contributed by atoms with Crippen molar-refractivity contribution >= 4 is 5.97 Å². The summed E-state index contributed by atoms with van der Waals surface area (Å²) in [5.74, 6) is -0.745. The third-order valence-electron chi connectivity index (χ3n) is 5.37. The van der Waals surface area contributed by atoms with Crippen LogP contribution in [0, 0.1) is 6.92 Å². The maximum atomic E-state index is 12.5. The fourth-order valence-electron chi connectivity index (χ4n) is 3.73. The molecule has 0 amide bonds. The van der Waals surface area contributed by atoms with Gasteiger partial charge < -0.3 is 28.5 Å². The molecule has 0 radical (unpaired) electrons. The summed E-state index contributed by atoms with van der Waals surface area (Å²) in [6.45, 7) is 3.86. The molecule has 0 spiro atoms. The van der Waals surface area contributed by atoms with Crippen molar-refractivity contribution in [3.05, 3.63) is 35.7 Å². The van der Waals surface area contributed by atoms with Gasteiger partial charge in [0.05, 0.1) is 25.4 Å². The minimum absolute atomic E-state index is 0.0244. The molecule has 1 fully saturated rings. The summed E-state index contributed by atoms with van der Waals surface area (Å²) >= 11 is 0. The molecule has 3 atom stereocenters. The fraction of sp³-hybridized carbons (Fsp3) is 0.565. The highest BCUT2D eigenvalue weighted by molar-refractivity contribution is 5.72. The number of hydrogen-bond donors (Lipinski definition) is 1. The van der Waals surface area contributed by atoms with Gasteiger partial charge >= 0.3 is 12.3 Å². The van der Waals surface area contributed by atoms with Crippen LogP contribution in [-0.4, -0.2) is 53.9 Å². The van der Waals surface area contributed by atoms with E-state index in [0.717, 1.165) is 19.3 Å². The molecule has 1 saturated carbocycles. The number of oxazole rings is 1. The van der Waals surface area contributed by atoms with Gasteiger partial charge in [-0.05, 0) is 57.7 Å². The van der Waals surface area contributed by atoms with E-state index in [4.69, 9.17) is 23.7 Å². The van der Waals surface area contributed by atoms with Gasteiger partial charge in [-0.15, -0.1) is 13.2 Å². The number of halogens is 3. The first kappa shape index (κ1) is 26.0. The summed E-state index contributed by atoms with van der Waals surface area (Å²) in [5, 5.41) is 9.17. The first-order valence-electron chi connectivity index (χ1n) is 11.0. The van der Waals surface area contributed by atoms with Crippen molar-refractivity contribution in [3.8, 4) is 17.2 Å². The first-order chi connectivity index (χ1) is 16.1. The number of aliphatic carboxylic acids is 1. The van der Waals surface area contributed by atoms with Gasteiger partial charge in [0.25, 0.3) is 0 Å². The lowest BCUT2D eigenvalue weighted by Gasteiger charge is -2.29. The maximum Gasteiger partial charge on any atom is 0.573 e. The number of carbonyl (C=O) groups is 1. The summed E-state index contributed by atoms with van der Waals surface area (Å²) < 4.78 is 64.0. The Morgan fingerprint density at radius 2 is 2.00 bits per heavy atom. The summed E-state index contributed by atoms with van der Waals surface area (Å²) in [5.41, 5.74) is 0.895. The molecule has 3 rings (SSSR count). The second kappa shape index (κ2) is 11.7. The number of carboxylic acid groups (broad SMARTS) is 1. The zero-order valence-corrected chi connectivity index (χ0v) is 19.0. The third kappa shape index (κ3) is 7.71. The Bertz CT molecular complexity index is 947. The molecule has 1 aliphatic rings. The van der Waals surface area contributed by atoms with Crippen molar-refractivity contribution in [3.63, 3.8) is 0 Å². The number of ether oxygens (including phenoxy) is 4. The Labute approximate surface area is 195 Å². The van der Waals surface area contributed by atoms with Crippen molar-refractivity contribution in [1.82, 2.24) is 4.98 Å². The van der Waals surface area contributed by atoms with Gasteiger partial charge in [0.1, 0.15) is 17.2 Å². The fourth-order valence-corrected chi connectivity index (χ4v) is 3.73. The lowest BCUT2D eigenvalue weighted by Crippen LogP contribution is -2.34. The monoisotopic (exact) mass is 487 g/mol. The van der Waals surface area contributed by atoms with Crippen LogP contribution in [0.4, 0.5) is 13.2 Å². The van der Waals surface area contributed by atoms with E-state index in [9.17, 15) is 18.0 Å². The Balaban J connectivity index is 1.55. The van der Waals surface area contributed by atoms with E-state index >= 15 is 0 Å². The van der Waals surface area contributed by atoms with Gasteiger partial charge in [-0.1, -0.05) is 6.07 Å². The number of aryl methyl sites for hydroxylation is 1. The number of rotatable bonds is 11. The minimum Gasteiger partial charge on any atom is -0.479 e. The van der Waals surface area contributed by atoms with Crippen LogP contribution in [0.5, 0.6) is 5.75 Å². The number of nitrogens with zero attached hydrogens (tertiary/aromatic N) is 1. The molecule has 1 N–H and O–H groups in total. The quantitative estimate of drug-likeness (QED) is 0.479. The molecule has 0 bridgehead atoms. The summed E-state index contributed by atoms with van der Waals surface area (Å²) in [4.78, 5) is 15.6. The average molecular weight is 487 g/mol. The molecule has 34 heavy (non-hydrogen) atoms. The molecule has 3 unspecified atom stereocenters. The molecular weight excluding hydrogens is 459 g/mol. The van der Waals surface area contributed by atoms with Crippen LogP contribution >= 0.6 is 0 Å². The number of benzene rings is 1. The lowest BCUT2D eigenvalue weighted by molar-refractivity contribution is -0.274. The molecule has 1 aromatic heterocycles. The largest absolute Gasteiger partial charge is 0.573 e. The highest BCUT2D eigenvalue weighted by atomic mass is 19.4. The van der Waals surface area contributed by atoms with Crippen molar-refractivity contribution in [2.24, 2.45) is 0 Å². The van der Waals surface area contributed by atoms with Crippen LogP contribution in [0.25, 0.3) is 11.5 Å². The standard InChI is InChI=1S/C23H28F3NO7/c1-3-30-20(22(28)29)13-32-17-8-5-7-16(11-17)31-12-19-14(2)33-21(27-19)15-6-4-9-18(10-15)34-23(24,25)26/h4,6,9-10,16-17,20H,3,5,7-8,11-13H2,1-2H3,(H,28,29). The zero-order valence-electron chi connectivity index (χ0n) is 19.0. The lowest BCUT2D eigenvalue weighted by atomic mass is 9.95. The van der Waals surface area contributed by atoms with Crippen LogP contribution in [0.3, 0.4) is 0 Å². The highest BCUT2D eigenvalue weighted by Gasteiger charge is 2.31. The third-order valence-corrected chi connectivity index (χ3v) is 5.37. The molecule has 0 aliphatic heterocycles. The predicted octanol–water partition coefficient (Wildman–Crippen LogP) is 4.88. The van der Waals surface area contributed by atoms with Crippen LogP contribution < -0.4 is 4.74 Å². The Morgan fingerprint density at radius 3 is 2.68 bits per heavy atom. The van der Waals surface area contributed by atoms with Crippen molar-refractivity contribution in [2.75, 3.05) is 13.2 Å². The van der Waals surface area contributed by atoms with Crippen LogP contribution in [0.2, 0.25) is 0 Å². The summed E-state index contributed by atoms with van der Waals surface area (Å²) in [6.07, 6.45) is -2.90. The molecular formula is C23H28F3NO7. The van der Waals surface area contributed by atoms with Crippen LogP contribution in [0.1, 0.15) is 44.1 Å². The number of hydrogen-bond acceptors (Lipinski definition) is 7. The molecule has 0 saturated heterocycles. The van der Waals surface area contributed by atoms with Gasteiger partial charge in [0.2, 0.25) is 5.89 Å². The van der Waals surface area contributed by atoms with E-state index in [1.165, 1.54) is 18.2 Å². The van der Waals surface area contributed by atoms with Gasteiger partial charge in [0, 0.05) is 12.2 Å². The van der Waals surface area contributed by atoms with Crippen molar-refractivity contribution in [2.45, 2.75) is 70.8 Å². The van der Waals surface area contributed by atoms with Crippen molar-refractivity contribution < 1.29 is 46.4 Å². The Hall–Kier alpha value is -2.63. The smallest absolute Gasteiger partial charge is 0.479 e. The number of aromatic nitrogens is 1. The van der Waals surface area contributed by atoms with Gasteiger partial charge in [-0.3, -0.25) is 0 Å². The average Bonchev–Trinajstić information content (AvgIpc) is 3.15. The van der Waals surface area contributed by atoms with Gasteiger partial charge in [0.15, 0.2) is 6.10 Å². The van der Waals surface area contributed by atoms with Gasteiger partial charge in [-0.2, -0.15) is 0 Å². The summed E-state index contributed by atoms with van der Waals surface area (Å²) in [7, 11) is 0. The van der Waals surface area contributed by atoms with Crippen LogP contribution in [-0.2, 0) is 25.6 Å². The number of alkyl halides is 3. The second-order valence-electron chi connectivity index (χ2n) is 7.93. The molecule has 1 aromatic carbocycles. The van der Waals surface area contributed by atoms with Gasteiger partial charge in [-0.25, -0.2) is 9.78 Å². The van der Waals surface area contributed by atoms with Crippen LogP contribution in [0.15, 0.2) is 28.7 Å². The SMILES string of the molecule is CCOC(COC1CCCC(OCc2nc(-c3cccc(OC(F)(F)F)c3)oc2C)C1)C(=O)O. The molecule has 8 nitrogen and oxygen atoms in total.